The average Bonchev–Trinajstić information content (AvgIpc) is 2.58. The highest BCUT2D eigenvalue weighted by Gasteiger charge is 2.07. The number of hydrogen-bond acceptors (Lipinski definition) is 4. The van der Waals surface area contributed by atoms with Crippen molar-refractivity contribution in [3.8, 4) is 0 Å². The highest BCUT2D eigenvalue weighted by molar-refractivity contribution is 5.56. The highest BCUT2D eigenvalue weighted by Crippen LogP contribution is 2.19. The van der Waals surface area contributed by atoms with E-state index >= 15 is 0 Å². The van der Waals surface area contributed by atoms with Crippen LogP contribution in [0.4, 0.5) is 21.8 Å². The van der Waals surface area contributed by atoms with Crippen LogP contribution in [0.3, 0.4) is 0 Å². The summed E-state index contributed by atoms with van der Waals surface area (Å²) in [5.41, 5.74) is 1.93. The van der Waals surface area contributed by atoms with E-state index in [0.717, 1.165) is 11.3 Å². The van der Waals surface area contributed by atoms with Gasteiger partial charge in [0.15, 0.2) is 0 Å². The van der Waals surface area contributed by atoms with Gasteiger partial charge in [-0.3, -0.25) is 0 Å². The second kappa shape index (κ2) is 6.87. The summed E-state index contributed by atoms with van der Waals surface area (Å²) in [6.45, 7) is 2.05. The van der Waals surface area contributed by atoms with Crippen LogP contribution >= 0.6 is 0 Å². The molecule has 0 saturated carbocycles. The molecule has 1 aromatic heterocycles. The summed E-state index contributed by atoms with van der Waals surface area (Å²) in [7, 11) is 0. The van der Waals surface area contributed by atoms with Gasteiger partial charge in [-0.1, -0.05) is 30.3 Å². The third-order valence-corrected chi connectivity index (χ3v) is 3.42. The quantitative estimate of drug-likeness (QED) is 0.727. The van der Waals surface area contributed by atoms with Gasteiger partial charge in [0.2, 0.25) is 5.95 Å². The van der Waals surface area contributed by atoms with E-state index in [1.165, 1.54) is 12.1 Å². The van der Waals surface area contributed by atoms with Gasteiger partial charge >= 0.3 is 0 Å². The molecule has 0 aliphatic rings. The van der Waals surface area contributed by atoms with Gasteiger partial charge in [0.1, 0.15) is 11.6 Å². The van der Waals surface area contributed by atoms with Crippen LogP contribution in [0.1, 0.15) is 18.5 Å². The van der Waals surface area contributed by atoms with Gasteiger partial charge in [-0.15, -0.1) is 0 Å². The zero-order chi connectivity index (χ0) is 16.1. The van der Waals surface area contributed by atoms with E-state index in [1.54, 1.807) is 24.4 Å². The molecule has 3 rings (SSSR count). The topological polar surface area (TPSA) is 49.8 Å². The van der Waals surface area contributed by atoms with Gasteiger partial charge in [-0.05, 0) is 42.8 Å². The number of benzene rings is 2. The van der Waals surface area contributed by atoms with Gasteiger partial charge in [0.25, 0.3) is 0 Å². The number of nitrogens with one attached hydrogen (secondary N) is 2. The lowest BCUT2D eigenvalue weighted by molar-refractivity contribution is 0.628. The SMILES string of the molecule is C[C@H](Nc1nccc(Nc2ccc(F)cc2)n1)c1ccccc1. The predicted octanol–water partition coefficient (Wildman–Crippen LogP) is 4.53. The molecule has 0 radical (unpaired) electrons. The first-order chi connectivity index (χ1) is 11.2. The fourth-order valence-corrected chi connectivity index (χ4v) is 2.20. The fourth-order valence-electron chi connectivity index (χ4n) is 2.20. The molecule has 1 atom stereocenters. The zero-order valence-electron chi connectivity index (χ0n) is 12.7. The van der Waals surface area contributed by atoms with Crippen molar-refractivity contribution in [1.29, 1.82) is 0 Å². The number of anilines is 3. The van der Waals surface area contributed by atoms with E-state index in [-0.39, 0.29) is 11.9 Å². The normalized spacial score (nSPS) is 11.7. The maximum absolute atomic E-state index is 12.9. The molecule has 2 aromatic carbocycles. The minimum atomic E-state index is -0.266. The Bertz CT molecular complexity index is 759. The fraction of sp³-hybridized carbons (Fsp3) is 0.111. The lowest BCUT2D eigenvalue weighted by Crippen LogP contribution is -2.09. The molecule has 5 heteroatoms. The largest absolute Gasteiger partial charge is 0.348 e. The van der Waals surface area contributed by atoms with E-state index in [2.05, 4.69) is 39.7 Å². The van der Waals surface area contributed by atoms with Crippen LogP contribution in [0.2, 0.25) is 0 Å². The number of aromatic nitrogens is 2. The minimum Gasteiger partial charge on any atom is -0.348 e. The second-order valence-corrected chi connectivity index (χ2v) is 5.17. The molecular weight excluding hydrogens is 291 g/mol. The molecule has 2 N–H and O–H groups in total. The van der Waals surface area contributed by atoms with Crippen molar-refractivity contribution in [1.82, 2.24) is 9.97 Å². The van der Waals surface area contributed by atoms with Gasteiger partial charge in [0.05, 0.1) is 6.04 Å². The molecule has 0 aliphatic heterocycles. The molecule has 0 unspecified atom stereocenters. The van der Waals surface area contributed by atoms with Crippen LogP contribution in [-0.4, -0.2) is 9.97 Å². The van der Waals surface area contributed by atoms with Crippen molar-refractivity contribution in [2.45, 2.75) is 13.0 Å². The molecule has 0 spiro atoms. The molecule has 1 heterocycles. The molecule has 0 aliphatic carbocycles. The average molecular weight is 308 g/mol. The van der Waals surface area contributed by atoms with Gasteiger partial charge in [-0.25, -0.2) is 9.37 Å². The van der Waals surface area contributed by atoms with Crippen molar-refractivity contribution in [2.24, 2.45) is 0 Å². The first-order valence-corrected chi connectivity index (χ1v) is 7.38. The first-order valence-electron chi connectivity index (χ1n) is 7.38. The minimum absolute atomic E-state index is 0.0947. The van der Waals surface area contributed by atoms with Crippen molar-refractivity contribution in [3.05, 3.63) is 78.2 Å². The van der Waals surface area contributed by atoms with Crippen molar-refractivity contribution in [3.63, 3.8) is 0 Å². The molecule has 23 heavy (non-hydrogen) atoms. The van der Waals surface area contributed by atoms with Crippen molar-refractivity contribution in [2.75, 3.05) is 10.6 Å². The van der Waals surface area contributed by atoms with Crippen LogP contribution in [0, 0.1) is 5.82 Å². The predicted molar refractivity (Wildman–Crippen MR) is 90.2 cm³/mol. The second-order valence-electron chi connectivity index (χ2n) is 5.17. The Morgan fingerprint density at radius 3 is 2.43 bits per heavy atom. The number of nitrogens with zero attached hydrogens (tertiary/aromatic N) is 2. The molecule has 4 nitrogen and oxygen atoms in total. The van der Waals surface area contributed by atoms with Gasteiger partial charge in [-0.2, -0.15) is 4.98 Å². The van der Waals surface area contributed by atoms with Crippen molar-refractivity contribution >= 4 is 17.5 Å². The van der Waals surface area contributed by atoms with Crippen molar-refractivity contribution < 1.29 is 4.39 Å². The van der Waals surface area contributed by atoms with E-state index < -0.39 is 0 Å². The molecule has 116 valence electrons. The Kier molecular flexibility index (Phi) is 4.47. The summed E-state index contributed by atoms with van der Waals surface area (Å²) in [5, 5.41) is 6.40. The first kappa shape index (κ1) is 15.0. The molecule has 0 bridgehead atoms. The van der Waals surface area contributed by atoms with E-state index in [4.69, 9.17) is 0 Å². The molecular formula is C18H17FN4. The summed E-state index contributed by atoms with van der Waals surface area (Å²) in [5.74, 6) is 0.917. The Morgan fingerprint density at radius 1 is 0.957 bits per heavy atom. The van der Waals surface area contributed by atoms with E-state index in [1.807, 2.05) is 18.2 Å². The van der Waals surface area contributed by atoms with Gasteiger partial charge < -0.3 is 10.6 Å². The van der Waals surface area contributed by atoms with Crippen LogP contribution in [0.15, 0.2) is 66.9 Å². The third-order valence-electron chi connectivity index (χ3n) is 3.42. The number of rotatable bonds is 5. The number of halogens is 1. The Labute approximate surface area is 134 Å². The Hall–Kier alpha value is -2.95. The molecule has 3 aromatic rings. The van der Waals surface area contributed by atoms with Crippen LogP contribution < -0.4 is 10.6 Å². The Morgan fingerprint density at radius 2 is 1.70 bits per heavy atom. The smallest absolute Gasteiger partial charge is 0.225 e. The van der Waals surface area contributed by atoms with Crippen LogP contribution in [0.5, 0.6) is 0 Å². The summed E-state index contributed by atoms with van der Waals surface area (Å²) >= 11 is 0. The molecule has 0 amide bonds. The summed E-state index contributed by atoms with van der Waals surface area (Å²) < 4.78 is 12.9. The molecule has 0 fully saturated rings. The van der Waals surface area contributed by atoms with Gasteiger partial charge in [0, 0.05) is 11.9 Å². The highest BCUT2D eigenvalue weighted by atomic mass is 19.1. The van der Waals surface area contributed by atoms with E-state index in [0.29, 0.717) is 11.8 Å². The lowest BCUT2D eigenvalue weighted by atomic mass is 10.1. The summed E-state index contributed by atoms with van der Waals surface area (Å²) in [6.07, 6.45) is 1.68. The lowest BCUT2D eigenvalue weighted by Gasteiger charge is -2.14. The Balaban J connectivity index is 1.71. The third kappa shape index (κ3) is 4.03. The van der Waals surface area contributed by atoms with Crippen LogP contribution in [-0.2, 0) is 0 Å². The summed E-state index contributed by atoms with van der Waals surface area (Å²) in [6, 6.07) is 18.1. The van der Waals surface area contributed by atoms with Crippen LogP contribution in [0.25, 0.3) is 0 Å². The number of hydrogen-bond donors (Lipinski definition) is 2. The standard InChI is InChI=1S/C18H17FN4/c1-13(14-5-3-2-4-6-14)21-18-20-12-11-17(23-18)22-16-9-7-15(19)8-10-16/h2-13H,1H3,(H2,20,21,22,23)/t13-/m0/s1. The monoisotopic (exact) mass is 308 g/mol. The van der Waals surface area contributed by atoms with E-state index in [9.17, 15) is 4.39 Å². The summed E-state index contributed by atoms with van der Waals surface area (Å²) in [4.78, 5) is 8.67. The maximum Gasteiger partial charge on any atom is 0.225 e. The molecule has 0 saturated heterocycles. The maximum atomic E-state index is 12.9. The zero-order valence-corrected chi connectivity index (χ0v) is 12.7.